The van der Waals surface area contributed by atoms with Gasteiger partial charge in [0.15, 0.2) is 0 Å². The fourth-order valence-electron chi connectivity index (χ4n) is 2.12. The third kappa shape index (κ3) is 3.26. The molecule has 0 saturated carbocycles. The van der Waals surface area contributed by atoms with E-state index in [1.165, 1.54) is 6.07 Å². The summed E-state index contributed by atoms with van der Waals surface area (Å²) in [7, 11) is -3.52. The Bertz CT molecular complexity index is 563. The first kappa shape index (κ1) is 14.3. The molecule has 106 valence electrons. The maximum Gasteiger partial charge on any atom is 0.241 e. The third-order valence-electron chi connectivity index (χ3n) is 3.53. The van der Waals surface area contributed by atoms with Crippen LogP contribution in [-0.2, 0) is 14.8 Å². The summed E-state index contributed by atoms with van der Waals surface area (Å²) in [5.74, 6) is 0. The summed E-state index contributed by atoms with van der Waals surface area (Å²) in [6.45, 7) is 4.88. The van der Waals surface area contributed by atoms with Crippen molar-refractivity contribution in [3.63, 3.8) is 0 Å². The molecule has 0 unspecified atom stereocenters. The number of anilines is 1. The molecule has 1 aromatic carbocycles. The smallest absolute Gasteiger partial charge is 0.241 e. The van der Waals surface area contributed by atoms with Gasteiger partial charge < -0.3 is 10.5 Å². The topological polar surface area (TPSA) is 81.4 Å². The van der Waals surface area contributed by atoms with Gasteiger partial charge in [0.1, 0.15) is 0 Å². The highest BCUT2D eigenvalue weighted by molar-refractivity contribution is 7.89. The number of ether oxygens (including phenoxy) is 1. The molecule has 1 saturated heterocycles. The van der Waals surface area contributed by atoms with Crippen molar-refractivity contribution in [1.29, 1.82) is 0 Å². The van der Waals surface area contributed by atoms with E-state index in [0.717, 1.165) is 5.56 Å². The Morgan fingerprint density at radius 2 is 1.95 bits per heavy atom. The fraction of sp³-hybridized carbons (Fsp3) is 0.538. The number of hydrogen-bond acceptors (Lipinski definition) is 4. The average molecular weight is 284 g/mol. The molecule has 1 heterocycles. The highest BCUT2D eigenvalue weighted by Gasteiger charge is 2.32. The molecular formula is C13H20N2O3S. The van der Waals surface area contributed by atoms with Crippen LogP contribution in [0.15, 0.2) is 23.1 Å². The van der Waals surface area contributed by atoms with Crippen LogP contribution in [0.2, 0.25) is 0 Å². The molecule has 0 radical (unpaired) electrons. The van der Waals surface area contributed by atoms with E-state index in [2.05, 4.69) is 4.72 Å². The summed E-state index contributed by atoms with van der Waals surface area (Å²) in [4.78, 5) is 0.256. The average Bonchev–Trinajstić information content (AvgIpc) is 2.32. The Balaban J connectivity index is 2.24. The maximum atomic E-state index is 12.4. The van der Waals surface area contributed by atoms with Gasteiger partial charge in [0, 0.05) is 24.4 Å². The van der Waals surface area contributed by atoms with E-state index in [0.29, 0.717) is 31.7 Å². The van der Waals surface area contributed by atoms with Gasteiger partial charge in [0.2, 0.25) is 10.0 Å². The van der Waals surface area contributed by atoms with Gasteiger partial charge in [-0.15, -0.1) is 0 Å². The molecule has 5 nitrogen and oxygen atoms in total. The van der Waals surface area contributed by atoms with Gasteiger partial charge in [-0.2, -0.15) is 0 Å². The molecule has 0 spiro atoms. The van der Waals surface area contributed by atoms with Crippen molar-refractivity contribution in [2.45, 2.75) is 37.1 Å². The number of rotatable bonds is 3. The minimum Gasteiger partial charge on any atom is -0.399 e. The maximum absolute atomic E-state index is 12.4. The van der Waals surface area contributed by atoms with Crippen molar-refractivity contribution in [3.05, 3.63) is 23.8 Å². The summed E-state index contributed by atoms with van der Waals surface area (Å²) in [6.07, 6.45) is 1.36. The van der Waals surface area contributed by atoms with E-state index < -0.39 is 15.6 Å². The van der Waals surface area contributed by atoms with E-state index in [-0.39, 0.29) is 4.90 Å². The molecule has 1 aliphatic heterocycles. The molecule has 0 bridgehead atoms. The highest BCUT2D eigenvalue weighted by Crippen LogP contribution is 2.24. The van der Waals surface area contributed by atoms with Gasteiger partial charge in [0.25, 0.3) is 0 Å². The van der Waals surface area contributed by atoms with Gasteiger partial charge in [-0.1, -0.05) is 0 Å². The zero-order valence-corrected chi connectivity index (χ0v) is 12.1. The standard InChI is InChI=1S/C13H20N2O3S/c1-10-9-11(3-4-12(10)14)19(16,17)15-13(2)5-7-18-8-6-13/h3-4,9,15H,5-8,14H2,1-2H3. The first-order valence-corrected chi connectivity index (χ1v) is 7.79. The quantitative estimate of drug-likeness (QED) is 0.823. The second-order valence-corrected chi connectivity index (χ2v) is 6.98. The predicted octanol–water partition coefficient (Wildman–Crippen LogP) is 1.42. The van der Waals surface area contributed by atoms with Crippen LogP contribution in [0, 0.1) is 6.92 Å². The highest BCUT2D eigenvalue weighted by atomic mass is 32.2. The first-order valence-electron chi connectivity index (χ1n) is 6.30. The number of nitrogens with two attached hydrogens (primary N) is 1. The Kier molecular flexibility index (Phi) is 3.85. The second kappa shape index (κ2) is 5.11. The second-order valence-electron chi connectivity index (χ2n) is 5.30. The summed E-state index contributed by atoms with van der Waals surface area (Å²) >= 11 is 0. The molecule has 0 amide bonds. The Morgan fingerprint density at radius 3 is 2.53 bits per heavy atom. The van der Waals surface area contributed by atoms with Crippen molar-refractivity contribution < 1.29 is 13.2 Å². The normalized spacial score (nSPS) is 19.3. The number of benzene rings is 1. The number of hydrogen-bond donors (Lipinski definition) is 2. The summed E-state index contributed by atoms with van der Waals surface area (Å²) in [5, 5.41) is 0. The molecule has 6 heteroatoms. The van der Waals surface area contributed by atoms with Crippen molar-refractivity contribution in [2.75, 3.05) is 18.9 Å². The van der Waals surface area contributed by atoms with Gasteiger partial charge >= 0.3 is 0 Å². The number of sulfonamides is 1. The molecule has 19 heavy (non-hydrogen) atoms. The Labute approximate surface area is 114 Å². The van der Waals surface area contributed by atoms with Crippen LogP contribution >= 0.6 is 0 Å². The van der Waals surface area contributed by atoms with Crippen LogP contribution < -0.4 is 10.5 Å². The zero-order chi connectivity index (χ0) is 14.1. The molecule has 0 aliphatic carbocycles. The molecular weight excluding hydrogens is 264 g/mol. The van der Waals surface area contributed by atoms with Crippen molar-refractivity contribution in [3.8, 4) is 0 Å². The summed E-state index contributed by atoms with van der Waals surface area (Å²) in [5.41, 5.74) is 6.63. The molecule has 3 N–H and O–H groups in total. The van der Waals surface area contributed by atoms with E-state index in [1.807, 2.05) is 6.92 Å². The Hall–Kier alpha value is -1.11. The lowest BCUT2D eigenvalue weighted by Gasteiger charge is -2.34. The molecule has 1 aliphatic rings. The number of nitrogen functional groups attached to an aromatic ring is 1. The SMILES string of the molecule is Cc1cc(S(=O)(=O)NC2(C)CCOCC2)ccc1N. The van der Waals surface area contributed by atoms with E-state index in [1.54, 1.807) is 19.1 Å². The molecule has 1 fully saturated rings. The van der Waals surface area contributed by atoms with Crippen LogP contribution in [-0.4, -0.2) is 27.2 Å². The lowest BCUT2D eigenvalue weighted by atomic mass is 9.94. The molecule has 0 atom stereocenters. The van der Waals surface area contributed by atoms with Crippen LogP contribution in [0.4, 0.5) is 5.69 Å². The third-order valence-corrected chi connectivity index (χ3v) is 5.16. The van der Waals surface area contributed by atoms with Crippen molar-refractivity contribution in [1.82, 2.24) is 4.72 Å². The molecule has 0 aromatic heterocycles. The van der Waals surface area contributed by atoms with Gasteiger partial charge in [-0.3, -0.25) is 0 Å². The Morgan fingerprint density at radius 1 is 1.32 bits per heavy atom. The lowest BCUT2D eigenvalue weighted by molar-refractivity contribution is 0.0537. The molecule has 1 aromatic rings. The summed E-state index contributed by atoms with van der Waals surface area (Å²) < 4.78 is 32.8. The minimum absolute atomic E-state index is 0.256. The van der Waals surface area contributed by atoms with E-state index >= 15 is 0 Å². The summed E-state index contributed by atoms with van der Waals surface area (Å²) in [6, 6.07) is 4.75. The monoisotopic (exact) mass is 284 g/mol. The first-order chi connectivity index (χ1) is 8.82. The lowest BCUT2D eigenvalue weighted by Crippen LogP contribution is -2.49. The largest absolute Gasteiger partial charge is 0.399 e. The minimum atomic E-state index is -3.52. The van der Waals surface area contributed by atoms with Crippen LogP contribution in [0.5, 0.6) is 0 Å². The van der Waals surface area contributed by atoms with Gasteiger partial charge in [0.05, 0.1) is 4.90 Å². The van der Waals surface area contributed by atoms with Crippen molar-refractivity contribution >= 4 is 15.7 Å². The molecule has 2 rings (SSSR count). The predicted molar refractivity (Wildman–Crippen MR) is 74.4 cm³/mol. The van der Waals surface area contributed by atoms with Gasteiger partial charge in [-0.25, -0.2) is 13.1 Å². The van der Waals surface area contributed by atoms with E-state index in [9.17, 15) is 8.42 Å². The number of nitrogens with one attached hydrogen (secondary N) is 1. The van der Waals surface area contributed by atoms with Crippen LogP contribution in [0.25, 0.3) is 0 Å². The fourth-order valence-corrected chi connectivity index (χ4v) is 3.67. The van der Waals surface area contributed by atoms with Crippen molar-refractivity contribution in [2.24, 2.45) is 0 Å². The van der Waals surface area contributed by atoms with E-state index in [4.69, 9.17) is 10.5 Å². The zero-order valence-electron chi connectivity index (χ0n) is 11.3. The van der Waals surface area contributed by atoms with Gasteiger partial charge in [-0.05, 0) is 50.5 Å². The van der Waals surface area contributed by atoms with Crippen LogP contribution in [0.3, 0.4) is 0 Å². The number of aryl methyl sites for hydroxylation is 1. The van der Waals surface area contributed by atoms with Crippen LogP contribution in [0.1, 0.15) is 25.3 Å².